The zero-order valence-electron chi connectivity index (χ0n) is 19.5. The van der Waals surface area contributed by atoms with Crippen LogP contribution in [0.15, 0.2) is 76.6 Å². The Labute approximate surface area is 230 Å². The quantitative estimate of drug-likeness (QED) is 0.362. The normalized spacial score (nSPS) is 22.8. The van der Waals surface area contributed by atoms with E-state index in [0.717, 1.165) is 63.6 Å². The Bertz CT molecular complexity index is 1090. The van der Waals surface area contributed by atoms with E-state index in [2.05, 4.69) is 22.0 Å². The minimum atomic E-state index is -0.256. The van der Waals surface area contributed by atoms with Crippen molar-refractivity contribution in [3.05, 3.63) is 81.5 Å². The number of fused-ring (bicyclic) bond motifs is 3. The van der Waals surface area contributed by atoms with Crippen LogP contribution in [0.4, 0.5) is 10.5 Å². The van der Waals surface area contributed by atoms with Gasteiger partial charge in [0.1, 0.15) is 25.4 Å². The van der Waals surface area contributed by atoms with Crippen molar-refractivity contribution in [2.45, 2.75) is 25.5 Å². The van der Waals surface area contributed by atoms with Gasteiger partial charge in [-0.3, -0.25) is 4.90 Å². The molecular weight excluding hydrogens is 592 g/mol. The van der Waals surface area contributed by atoms with Gasteiger partial charge < -0.3 is 30.9 Å². The van der Waals surface area contributed by atoms with Crippen LogP contribution >= 0.6 is 27.3 Å². The van der Waals surface area contributed by atoms with Gasteiger partial charge in [0.05, 0.1) is 23.4 Å². The molecule has 0 radical (unpaired) electrons. The summed E-state index contributed by atoms with van der Waals surface area (Å²) in [6.45, 7) is 5.29. The Morgan fingerprint density at radius 3 is 2.34 bits per heavy atom. The van der Waals surface area contributed by atoms with Gasteiger partial charge in [-0.1, -0.05) is 36.4 Å². The molecule has 2 aromatic carbocycles. The number of carbonyl (C=O) groups excluding carboxylic acids is 1. The van der Waals surface area contributed by atoms with E-state index >= 15 is 0 Å². The van der Waals surface area contributed by atoms with E-state index in [0.29, 0.717) is 19.1 Å². The van der Waals surface area contributed by atoms with Crippen molar-refractivity contribution < 1.29 is 35.7 Å². The molecule has 0 N–H and O–H groups in total. The lowest BCUT2D eigenvalue weighted by atomic mass is 9.83. The molecule has 3 aromatic rings. The minimum absolute atomic E-state index is 0. The fourth-order valence-corrected chi connectivity index (χ4v) is 6.67. The van der Waals surface area contributed by atoms with Crippen LogP contribution in [0, 0.1) is 5.92 Å². The van der Waals surface area contributed by atoms with Gasteiger partial charge in [0.25, 0.3) is 0 Å². The SMILES string of the molecule is O=C(O[C@H]1C[N+]2(CCOc3ccccc3)CCC1CC2)N(Cc1ccc(Br)s1)c1ccccc1.[Br-]. The third-order valence-electron chi connectivity index (χ3n) is 7.10. The van der Waals surface area contributed by atoms with E-state index in [1.165, 1.54) is 0 Å². The molecule has 0 unspecified atom stereocenters. The first kappa shape index (κ1) is 26.2. The molecule has 35 heavy (non-hydrogen) atoms. The predicted octanol–water partition coefficient (Wildman–Crippen LogP) is 3.35. The molecule has 1 amide bonds. The Morgan fingerprint density at radius 1 is 1.00 bits per heavy atom. The van der Waals surface area contributed by atoms with Crippen molar-refractivity contribution >= 4 is 39.0 Å². The van der Waals surface area contributed by atoms with Crippen LogP contribution in [0.25, 0.3) is 0 Å². The maximum absolute atomic E-state index is 13.5. The zero-order valence-corrected chi connectivity index (χ0v) is 23.5. The van der Waals surface area contributed by atoms with Crippen LogP contribution < -0.4 is 26.6 Å². The fraction of sp³-hybridized carbons (Fsp3) is 0.370. The highest BCUT2D eigenvalue weighted by Crippen LogP contribution is 2.36. The van der Waals surface area contributed by atoms with Crippen LogP contribution in [0.2, 0.25) is 0 Å². The second-order valence-corrected chi connectivity index (χ2v) is 11.8. The molecule has 2 bridgehead atoms. The number of benzene rings is 2. The van der Waals surface area contributed by atoms with Crippen molar-refractivity contribution in [2.75, 3.05) is 37.7 Å². The maximum Gasteiger partial charge on any atom is 0.415 e. The van der Waals surface area contributed by atoms with Crippen molar-refractivity contribution in [3.63, 3.8) is 0 Å². The van der Waals surface area contributed by atoms with Crippen LogP contribution in [0.5, 0.6) is 5.75 Å². The summed E-state index contributed by atoms with van der Waals surface area (Å²) in [5, 5.41) is 0. The number of halogens is 2. The van der Waals surface area contributed by atoms with Gasteiger partial charge in [0, 0.05) is 29.3 Å². The second-order valence-electron chi connectivity index (χ2n) is 9.24. The molecule has 3 saturated heterocycles. The Morgan fingerprint density at radius 2 is 1.69 bits per heavy atom. The standard InChI is InChI=1S/C27H30BrN2O3S.BrH/c28-26-12-11-24(34-26)19-29(22-7-3-1-4-8-22)27(31)33-25-20-30(15-13-21(25)14-16-30)17-18-32-23-9-5-2-6-10-23;/h1-12,21,25H,13-20H2;1H/q+1;/p-1/t21?,25-,30?;/m0./s1. The van der Waals surface area contributed by atoms with Crippen molar-refractivity contribution in [1.29, 1.82) is 0 Å². The number of hydrogen-bond donors (Lipinski definition) is 0. The molecule has 8 heteroatoms. The topological polar surface area (TPSA) is 38.8 Å². The average molecular weight is 622 g/mol. The van der Waals surface area contributed by atoms with Gasteiger partial charge in [0.15, 0.2) is 6.10 Å². The van der Waals surface area contributed by atoms with Gasteiger partial charge in [-0.2, -0.15) is 0 Å². The molecule has 0 aliphatic carbocycles. The zero-order chi connectivity index (χ0) is 23.4. The summed E-state index contributed by atoms with van der Waals surface area (Å²) in [5.74, 6) is 1.36. The Hall–Kier alpha value is -1.87. The van der Waals surface area contributed by atoms with E-state index in [-0.39, 0.29) is 29.2 Å². The minimum Gasteiger partial charge on any atom is -1.00 e. The number of amides is 1. The smallest absolute Gasteiger partial charge is 0.415 e. The van der Waals surface area contributed by atoms with E-state index in [9.17, 15) is 4.79 Å². The van der Waals surface area contributed by atoms with E-state index in [1.807, 2.05) is 66.7 Å². The van der Waals surface area contributed by atoms with Crippen molar-refractivity contribution in [1.82, 2.24) is 0 Å². The first-order chi connectivity index (χ1) is 16.6. The van der Waals surface area contributed by atoms with Gasteiger partial charge in [0.2, 0.25) is 0 Å². The first-order valence-electron chi connectivity index (χ1n) is 11.9. The number of hydrogen-bond acceptors (Lipinski definition) is 4. The van der Waals surface area contributed by atoms with Crippen LogP contribution in [0.3, 0.4) is 0 Å². The Balaban J connectivity index is 0.00000289. The maximum atomic E-state index is 13.5. The number of ether oxygens (including phenoxy) is 2. The summed E-state index contributed by atoms with van der Waals surface area (Å²) < 4.78 is 14.3. The molecule has 6 rings (SSSR count). The van der Waals surface area contributed by atoms with Crippen LogP contribution in [0.1, 0.15) is 17.7 Å². The number of quaternary nitrogens is 1. The molecule has 0 spiro atoms. The fourth-order valence-electron chi connectivity index (χ4n) is 5.20. The molecule has 5 nitrogen and oxygen atoms in total. The molecule has 0 saturated carbocycles. The van der Waals surface area contributed by atoms with Gasteiger partial charge >= 0.3 is 6.09 Å². The summed E-state index contributed by atoms with van der Waals surface area (Å²) in [5.41, 5.74) is 0.860. The number of nitrogens with zero attached hydrogens (tertiary/aromatic N) is 2. The lowest BCUT2D eigenvalue weighted by Gasteiger charge is -2.52. The number of piperidine rings is 3. The predicted molar refractivity (Wildman–Crippen MR) is 139 cm³/mol. The van der Waals surface area contributed by atoms with Gasteiger partial charge in [-0.05, 0) is 52.3 Å². The highest BCUT2D eigenvalue weighted by Gasteiger charge is 2.47. The number of para-hydroxylation sites is 2. The molecule has 3 fully saturated rings. The monoisotopic (exact) mass is 620 g/mol. The summed E-state index contributed by atoms with van der Waals surface area (Å²) in [6, 6.07) is 23.9. The molecule has 3 aliphatic heterocycles. The largest absolute Gasteiger partial charge is 1.00 e. The highest BCUT2D eigenvalue weighted by molar-refractivity contribution is 9.11. The van der Waals surface area contributed by atoms with Crippen LogP contribution in [-0.4, -0.2) is 49.5 Å². The molecule has 1 aromatic heterocycles. The lowest BCUT2D eigenvalue weighted by Crippen LogP contribution is -3.00. The number of anilines is 1. The third-order valence-corrected chi connectivity index (χ3v) is 8.71. The van der Waals surface area contributed by atoms with E-state index in [4.69, 9.17) is 9.47 Å². The second kappa shape index (κ2) is 11.9. The summed E-state index contributed by atoms with van der Waals surface area (Å²) in [6.07, 6.45) is 1.90. The van der Waals surface area contributed by atoms with E-state index < -0.39 is 0 Å². The van der Waals surface area contributed by atoms with Crippen LogP contribution in [-0.2, 0) is 11.3 Å². The molecule has 3 aliphatic rings. The number of carbonyl (C=O) groups is 1. The molecule has 1 atom stereocenters. The number of rotatable bonds is 8. The Kier molecular flexibility index (Phi) is 8.92. The third kappa shape index (κ3) is 6.47. The average Bonchev–Trinajstić information content (AvgIpc) is 3.29. The molecule has 186 valence electrons. The first-order valence-corrected chi connectivity index (χ1v) is 13.5. The lowest BCUT2D eigenvalue weighted by molar-refractivity contribution is -0.946. The summed E-state index contributed by atoms with van der Waals surface area (Å²) in [7, 11) is 0. The van der Waals surface area contributed by atoms with E-state index in [1.54, 1.807) is 16.2 Å². The summed E-state index contributed by atoms with van der Waals surface area (Å²) in [4.78, 5) is 16.3. The highest BCUT2D eigenvalue weighted by atomic mass is 79.9. The van der Waals surface area contributed by atoms with Crippen molar-refractivity contribution in [2.24, 2.45) is 5.92 Å². The molecule has 4 heterocycles. The molecular formula is C27H30Br2N2O3S. The van der Waals surface area contributed by atoms with Gasteiger partial charge in [-0.25, -0.2) is 4.79 Å². The summed E-state index contributed by atoms with van der Waals surface area (Å²) >= 11 is 5.17. The number of thiophene rings is 1. The van der Waals surface area contributed by atoms with Gasteiger partial charge in [-0.15, -0.1) is 11.3 Å². The van der Waals surface area contributed by atoms with Crippen molar-refractivity contribution in [3.8, 4) is 5.75 Å².